The van der Waals surface area contributed by atoms with E-state index < -0.39 is 5.97 Å². The number of carboxylic acids is 1. The van der Waals surface area contributed by atoms with Crippen molar-refractivity contribution in [2.75, 3.05) is 0 Å². The van der Waals surface area contributed by atoms with E-state index in [2.05, 4.69) is 0 Å². The zero-order chi connectivity index (χ0) is 13.4. The summed E-state index contributed by atoms with van der Waals surface area (Å²) in [6.07, 6.45) is 1.98. The molecule has 1 fully saturated rings. The SMILES string of the molecule is Cc1cc(C(CC(=O)O)C2CC2)c(O)c(O)c1C. The molecule has 98 valence electrons. The Morgan fingerprint density at radius 2 is 1.94 bits per heavy atom. The molecule has 1 atom stereocenters. The van der Waals surface area contributed by atoms with Crippen molar-refractivity contribution in [1.82, 2.24) is 0 Å². The first-order chi connectivity index (χ1) is 8.41. The van der Waals surface area contributed by atoms with Crippen LogP contribution < -0.4 is 0 Å². The number of benzene rings is 1. The van der Waals surface area contributed by atoms with Crippen molar-refractivity contribution in [2.45, 2.75) is 39.0 Å². The summed E-state index contributed by atoms with van der Waals surface area (Å²) in [5, 5.41) is 28.8. The quantitative estimate of drug-likeness (QED) is 0.718. The van der Waals surface area contributed by atoms with E-state index >= 15 is 0 Å². The zero-order valence-corrected chi connectivity index (χ0v) is 10.6. The van der Waals surface area contributed by atoms with Crippen LogP contribution in [-0.2, 0) is 4.79 Å². The van der Waals surface area contributed by atoms with Crippen molar-refractivity contribution in [3.8, 4) is 11.5 Å². The molecular formula is C14H18O4. The second-order valence-electron chi connectivity index (χ2n) is 5.15. The number of aryl methyl sites for hydroxylation is 1. The Kier molecular flexibility index (Phi) is 3.20. The van der Waals surface area contributed by atoms with Gasteiger partial charge in [-0.3, -0.25) is 4.79 Å². The second-order valence-corrected chi connectivity index (χ2v) is 5.15. The maximum Gasteiger partial charge on any atom is 0.303 e. The average Bonchev–Trinajstić information content (AvgIpc) is 3.12. The first-order valence-electron chi connectivity index (χ1n) is 6.15. The molecular weight excluding hydrogens is 232 g/mol. The van der Waals surface area contributed by atoms with Crippen molar-refractivity contribution in [3.63, 3.8) is 0 Å². The second kappa shape index (κ2) is 4.52. The monoisotopic (exact) mass is 250 g/mol. The molecule has 3 N–H and O–H groups in total. The van der Waals surface area contributed by atoms with Crippen LogP contribution in [0.2, 0.25) is 0 Å². The van der Waals surface area contributed by atoms with Crippen LogP contribution in [0.25, 0.3) is 0 Å². The molecule has 1 aromatic rings. The molecule has 0 aromatic heterocycles. The molecule has 1 unspecified atom stereocenters. The Labute approximate surface area is 106 Å². The molecule has 4 nitrogen and oxygen atoms in total. The van der Waals surface area contributed by atoms with E-state index in [0.717, 1.165) is 18.4 Å². The third-order valence-electron chi connectivity index (χ3n) is 3.80. The van der Waals surface area contributed by atoms with Gasteiger partial charge in [-0.15, -0.1) is 0 Å². The molecule has 0 bridgehead atoms. The molecule has 1 aliphatic carbocycles. The molecule has 4 heteroatoms. The number of rotatable bonds is 4. The van der Waals surface area contributed by atoms with Crippen molar-refractivity contribution >= 4 is 5.97 Å². The number of phenolic OH excluding ortho intramolecular Hbond substituents is 2. The standard InChI is InChI=1S/C14H18O4/c1-7-5-11(14(18)13(17)8(7)2)10(6-12(15)16)9-3-4-9/h5,9-10,17-18H,3-4,6H2,1-2H3,(H,15,16). The van der Waals surface area contributed by atoms with Crippen LogP contribution in [0.15, 0.2) is 6.07 Å². The summed E-state index contributed by atoms with van der Waals surface area (Å²) in [6.45, 7) is 3.58. The lowest BCUT2D eigenvalue weighted by Crippen LogP contribution is -2.09. The number of hydrogen-bond donors (Lipinski definition) is 3. The van der Waals surface area contributed by atoms with Crippen molar-refractivity contribution in [1.29, 1.82) is 0 Å². The zero-order valence-electron chi connectivity index (χ0n) is 10.6. The minimum Gasteiger partial charge on any atom is -0.504 e. The molecule has 1 aliphatic rings. The van der Waals surface area contributed by atoms with Gasteiger partial charge in [0.25, 0.3) is 0 Å². The van der Waals surface area contributed by atoms with E-state index in [1.165, 1.54) is 0 Å². The summed E-state index contributed by atoms with van der Waals surface area (Å²) in [5.41, 5.74) is 2.08. The summed E-state index contributed by atoms with van der Waals surface area (Å²) in [5.74, 6) is -1.04. The Morgan fingerprint density at radius 1 is 1.33 bits per heavy atom. The van der Waals surface area contributed by atoms with E-state index in [0.29, 0.717) is 17.0 Å². The first kappa shape index (κ1) is 12.7. The highest BCUT2D eigenvalue weighted by molar-refractivity contribution is 5.69. The lowest BCUT2D eigenvalue weighted by molar-refractivity contribution is -0.137. The Hall–Kier alpha value is -1.71. The summed E-state index contributed by atoms with van der Waals surface area (Å²) >= 11 is 0. The van der Waals surface area contributed by atoms with Gasteiger partial charge in [-0.1, -0.05) is 6.07 Å². The van der Waals surface area contributed by atoms with Crippen LogP contribution in [0, 0.1) is 19.8 Å². The fourth-order valence-electron chi connectivity index (χ4n) is 2.41. The highest BCUT2D eigenvalue weighted by Crippen LogP contribution is 2.49. The fourth-order valence-corrected chi connectivity index (χ4v) is 2.41. The molecule has 1 saturated carbocycles. The normalized spacial score (nSPS) is 16.6. The number of hydrogen-bond acceptors (Lipinski definition) is 3. The van der Waals surface area contributed by atoms with Gasteiger partial charge in [-0.05, 0) is 43.7 Å². The summed E-state index contributed by atoms with van der Waals surface area (Å²) in [6, 6.07) is 1.80. The first-order valence-corrected chi connectivity index (χ1v) is 6.15. The molecule has 0 amide bonds. The fraction of sp³-hybridized carbons (Fsp3) is 0.500. The molecule has 0 radical (unpaired) electrons. The van der Waals surface area contributed by atoms with Gasteiger partial charge in [0.05, 0.1) is 6.42 Å². The van der Waals surface area contributed by atoms with Crippen LogP contribution >= 0.6 is 0 Å². The minimum atomic E-state index is -0.871. The summed E-state index contributed by atoms with van der Waals surface area (Å²) < 4.78 is 0. The third kappa shape index (κ3) is 2.28. The highest BCUT2D eigenvalue weighted by Gasteiger charge is 2.36. The lowest BCUT2D eigenvalue weighted by Gasteiger charge is -2.19. The number of phenols is 2. The van der Waals surface area contributed by atoms with Gasteiger partial charge in [-0.25, -0.2) is 0 Å². The minimum absolute atomic E-state index is 0.000166. The maximum atomic E-state index is 10.9. The van der Waals surface area contributed by atoms with Gasteiger partial charge in [0.15, 0.2) is 11.5 Å². The van der Waals surface area contributed by atoms with Gasteiger partial charge in [-0.2, -0.15) is 0 Å². The van der Waals surface area contributed by atoms with Crippen molar-refractivity contribution in [3.05, 3.63) is 22.8 Å². The summed E-state index contributed by atoms with van der Waals surface area (Å²) in [4.78, 5) is 10.9. The van der Waals surface area contributed by atoms with Gasteiger partial charge >= 0.3 is 5.97 Å². The van der Waals surface area contributed by atoms with E-state index in [-0.39, 0.29) is 23.8 Å². The predicted molar refractivity (Wildman–Crippen MR) is 67.0 cm³/mol. The van der Waals surface area contributed by atoms with E-state index in [9.17, 15) is 15.0 Å². The largest absolute Gasteiger partial charge is 0.504 e. The average molecular weight is 250 g/mol. The Morgan fingerprint density at radius 3 is 2.44 bits per heavy atom. The molecule has 0 heterocycles. The maximum absolute atomic E-state index is 10.9. The van der Waals surface area contributed by atoms with Crippen LogP contribution in [0.5, 0.6) is 11.5 Å². The van der Waals surface area contributed by atoms with E-state index in [4.69, 9.17) is 5.11 Å². The van der Waals surface area contributed by atoms with Crippen LogP contribution in [0.1, 0.15) is 41.9 Å². The van der Waals surface area contributed by atoms with Gasteiger partial charge in [0, 0.05) is 11.5 Å². The smallest absolute Gasteiger partial charge is 0.303 e. The molecule has 0 saturated heterocycles. The van der Waals surface area contributed by atoms with Crippen molar-refractivity contribution < 1.29 is 20.1 Å². The summed E-state index contributed by atoms with van der Waals surface area (Å²) in [7, 11) is 0. The Bertz CT molecular complexity index is 489. The predicted octanol–water partition coefficient (Wildman–Crippen LogP) is 2.68. The van der Waals surface area contributed by atoms with Crippen LogP contribution in [0.3, 0.4) is 0 Å². The number of carbonyl (C=O) groups is 1. The number of aromatic hydroxyl groups is 2. The number of carboxylic acid groups (broad SMARTS) is 1. The van der Waals surface area contributed by atoms with E-state index in [1.54, 1.807) is 13.0 Å². The van der Waals surface area contributed by atoms with Crippen LogP contribution in [0.4, 0.5) is 0 Å². The van der Waals surface area contributed by atoms with Gasteiger partial charge < -0.3 is 15.3 Å². The molecule has 0 spiro atoms. The topological polar surface area (TPSA) is 77.8 Å². The third-order valence-corrected chi connectivity index (χ3v) is 3.80. The van der Waals surface area contributed by atoms with E-state index in [1.807, 2.05) is 6.92 Å². The number of aliphatic carboxylic acids is 1. The Balaban J connectivity index is 2.44. The van der Waals surface area contributed by atoms with Crippen molar-refractivity contribution in [2.24, 2.45) is 5.92 Å². The highest BCUT2D eigenvalue weighted by atomic mass is 16.4. The molecule has 2 rings (SSSR count). The molecule has 18 heavy (non-hydrogen) atoms. The van der Waals surface area contributed by atoms with Crippen LogP contribution in [-0.4, -0.2) is 21.3 Å². The van der Waals surface area contributed by atoms with Gasteiger partial charge in [0.2, 0.25) is 0 Å². The lowest BCUT2D eigenvalue weighted by atomic mass is 9.88. The van der Waals surface area contributed by atoms with Gasteiger partial charge in [0.1, 0.15) is 0 Å². The molecule has 1 aromatic carbocycles. The molecule has 0 aliphatic heterocycles.